The predicted octanol–water partition coefficient (Wildman–Crippen LogP) is 2.23. The number of piperidine rings is 1. The molecular weight excluding hydrogens is 338 g/mol. The van der Waals surface area contributed by atoms with Crippen molar-refractivity contribution in [2.24, 2.45) is 5.92 Å². The first-order chi connectivity index (χ1) is 13.1. The van der Waals surface area contributed by atoms with Gasteiger partial charge in [-0.15, -0.1) is 0 Å². The van der Waals surface area contributed by atoms with Gasteiger partial charge in [-0.2, -0.15) is 0 Å². The molecule has 0 unspecified atom stereocenters. The Kier molecular flexibility index (Phi) is 5.20. The third-order valence-electron chi connectivity index (χ3n) is 5.74. The van der Waals surface area contributed by atoms with Gasteiger partial charge >= 0.3 is 0 Å². The minimum absolute atomic E-state index is 0.800. The molecule has 0 saturated carbocycles. The van der Waals surface area contributed by atoms with Crippen LogP contribution in [0.5, 0.6) is 0 Å². The van der Waals surface area contributed by atoms with Gasteiger partial charge in [-0.3, -0.25) is 0 Å². The summed E-state index contributed by atoms with van der Waals surface area (Å²) in [7, 11) is 2.15. The zero-order chi connectivity index (χ0) is 18.8. The fraction of sp³-hybridized carbons (Fsp3) is 0.600. The maximum atomic E-state index is 4.81. The number of likely N-dealkylation sites (N-methyl/N-ethyl adjacent to an activating group) is 1. The van der Waals surface area contributed by atoms with Crippen molar-refractivity contribution in [3.63, 3.8) is 0 Å². The first kappa shape index (κ1) is 18.1. The third kappa shape index (κ3) is 4.03. The standard InChI is InChI=1S/C20H29N7/c1-15-5-8-26(9-6-15)20-22-14-17(16(2)23-20)18-4-7-21-19(24-18)27-12-10-25(3)11-13-27/h4,7,14-15H,5-6,8-13H2,1-3H3. The molecule has 0 aromatic carbocycles. The lowest BCUT2D eigenvalue weighted by molar-refractivity contribution is 0.311. The van der Waals surface area contributed by atoms with E-state index in [0.29, 0.717) is 0 Å². The van der Waals surface area contributed by atoms with Crippen molar-refractivity contribution in [3.05, 3.63) is 24.2 Å². The second-order valence-corrected chi connectivity index (χ2v) is 7.87. The maximum Gasteiger partial charge on any atom is 0.225 e. The highest BCUT2D eigenvalue weighted by Gasteiger charge is 2.20. The molecule has 0 aliphatic carbocycles. The van der Waals surface area contributed by atoms with Gasteiger partial charge in [0.15, 0.2) is 0 Å². The van der Waals surface area contributed by atoms with Crippen molar-refractivity contribution in [2.75, 3.05) is 56.1 Å². The van der Waals surface area contributed by atoms with Crippen LogP contribution in [-0.4, -0.2) is 71.2 Å². The molecule has 0 atom stereocenters. The molecule has 4 rings (SSSR count). The molecule has 0 radical (unpaired) electrons. The molecule has 7 heteroatoms. The molecule has 2 aliphatic heterocycles. The SMILES string of the molecule is Cc1nc(N2CCC(C)CC2)ncc1-c1ccnc(N2CCN(C)CC2)n1. The van der Waals surface area contributed by atoms with E-state index in [2.05, 4.69) is 38.6 Å². The average Bonchev–Trinajstić information content (AvgIpc) is 2.69. The molecule has 0 spiro atoms. The molecule has 2 saturated heterocycles. The first-order valence-electron chi connectivity index (χ1n) is 9.95. The largest absolute Gasteiger partial charge is 0.341 e. The lowest BCUT2D eigenvalue weighted by Gasteiger charge is -2.32. The Morgan fingerprint density at radius 1 is 0.889 bits per heavy atom. The Hall–Kier alpha value is -2.28. The minimum Gasteiger partial charge on any atom is -0.341 e. The number of nitrogens with zero attached hydrogens (tertiary/aromatic N) is 7. The smallest absolute Gasteiger partial charge is 0.225 e. The molecule has 4 heterocycles. The van der Waals surface area contributed by atoms with Crippen LogP contribution >= 0.6 is 0 Å². The van der Waals surface area contributed by atoms with E-state index in [9.17, 15) is 0 Å². The predicted molar refractivity (Wildman–Crippen MR) is 108 cm³/mol. The molecule has 27 heavy (non-hydrogen) atoms. The van der Waals surface area contributed by atoms with Crippen LogP contribution in [0.15, 0.2) is 18.5 Å². The van der Waals surface area contributed by atoms with Crippen molar-refractivity contribution in [3.8, 4) is 11.3 Å². The van der Waals surface area contributed by atoms with Gasteiger partial charge < -0.3 is 14.7 Å². The number of aromatic nitrogens is 4. The van der Waals surface area contributed by atoms with Gasteiger partial charge in [0.1, 0.15) is 0 Å². The quantitative estimate of drug-likeness (QED) is 0.824. The van der Waals surface area contributed by atoms with Crippen LogP contribution in [0.25, 0.3) is 11.3 Å². The first-order valence-corrected chi connectivity index (χ1v) is 9.95. The minimum atomic E-state index is 0.800. The Labute approximate surface area is 161 Å². The zero-order valence-electron chi connectivity index (χ0n) is 16.6. The van der Waals surface area contributed by atoms with Gasteiger partial charge in [0.05, 0.1) is 11.4 Å². The number of piperazine rings is 1. The summed E-state index contributed by atoms with van der Waals surface area (Å²) in [6.07, 6.45) is 6.19. The summed E-state index contributed by atoms with van der Waals surface area (Å²) in [5.74, 6) is 2.45. The average molecular weight is 368 g/mol. The number of hydrogen-bond donors (Lipinski definition) is 0. The molecule has 2 aromatic heterocycles. The zero-order valence-corrected chi connectivity index (χ0v) is 16.6. The fourth-order valence-corrected chi connectivity index (χ4v) is 3.72. The fourth-order valence-electron chi connectivity index (χ4n) is 3.72. The van der Waals surface area contributed by atoms with Gasteiger partial charge in [-0.05, 0) is 38.8 Å². The summed E-state index contributed by atoms with van der Waals surface area (Å²) in [6.45, 7) is 10.5. The monoisotopic (exact) mass is 367 g/mol. The second kappa shape index (κ2) is 7.76. The third-order valence-corrected chi connectivity index (χ3v) is 5.74. The maximum absolute atomic E-state index is 4.81. The Bertz CT molecular complexity index is 778. The van der Waals surface area contributed by atoms with E-state index < -0.39 is 0 Å². The highest BCUT2D eigenvalue weighted by molar-refractivity contribution is 5.62. The van der Waals surface area contributed by atoms with E-state index in [1.165, 1.54) is 12.8 Å². The van der Waals surface area contributed by atoms with Crippen LogP contribution in [0, 0.1) is 12.8 Å². The number of anilines is 2. The summed E-state index contributed by atoms with van der Waals surface area (Å²) in [4.78, 5) is 25.6. The number of rotatable bonds is 3. The summed E-state index contributed by atoms with van der Waals surface area (Å²) >= 11 is 0. The Morgan fingerprint density at radius 2 is 1.56 bits per heavy atom. The molecule has 2 fully saturated rings. The van der Waals surface area contributed by atoms with E-state index >= 15 is 0 Å². The number of hydrogen-bond acceptors (Lipinski definition) is 7. The van der Waals surface area contributed by atoms with E-state index in [-0.39, 0.29) is 0 Å². The van der Waals surface area contributed by atoms with Crippen LogP contribution in [-0.2, 0) is 0 Å². The normalized spacial score (nSPS) is 19.5. The highest BCUT2D eigenvalue weighted by atomic mass is 15.3. The van der Waals surface area contributed by atoms with Crippen LogP contribution in [0.4, 0.5) is 11.9 Å². The van der Waals surface area contributed by atoms with Crippen LogP contribution in [0.2, 0.25) is 0 Å². The van der Waals surface area contributed by atoms with E-state index in [0.717, 1.165) is 74.0 Å². The molecule has 0 N–H and O–H groups in total. The lowest BCUT2D eigenvalue weighted by Crippen LogP contribution is -2.45. The number of aryl methyl sites for hydroxylation is 1. The Balaban J connectivity index is 1.54. The van der Waals surface area contributed by atoms with Gasteiger partial charge in [0, 0.05) is 57.2 Å². The van der Waals surface area contributed by atoms with Crippen molar-refractivity contribution in [1.29, 1.82) is 0 Å². The Morgan fingerprint density at radius 3 is 2.26 bits per heavy atom. The lowest BCUT2D eigenvalue weighted by atomic mass is 10.00. The van der Waals surface area contributed by atoms with E-state index in [1.54, 1.807) is 0 Å². The van der Waals surface area contributed by atoms with Gasteiger partial charge in [0.25, 0.3) is 0 Å². The second-order valence-electron chi connectivity index (χ2n) is 7.87. The molecule has 2 aromatic rings. The summed E-state index contributed by atoms with van der Waals surface area (Å²) in [6, 6.07) is 1.95. The molecule has 0 amide bonds. The molecule has 7 nitrogen and oxygen atoms in total. The van der Waals surface area contributed by atoms with Crippen LogP contribution in [0.3, 0.4) is 0 Å². The van der Waals surface area contributed by atoms with Crippen molar-refractivity contribution in [1.82, 2.24) is 24.8 Å². The molecule has 144 valence electrons. The van der Waals surface area contributed by atoms with Crippen molar-refractivity contribution in [2.45, 2.75) is 26.7 Å². The molecule has 0 bridgehead atoms. The summed E-state index contributed by atoms with van der Waals surface area (Å²) in [5.41, 5.74) is 2.86. The highest BCUT2D eigenvalue weighted by Crippen LogP contribution is 2.25. The van der Waals surface area contributed by atoms with Gasteiger partial charge in [-0.1, -0.05) is 6.92 Å². The summed E-state index contributed by atoms with van der Waals surface area (Å²) in [5, 5.41) is 0. The topological polar surface area (TPSA) is 61.3 Å². The van der Waals surface area contributed by atoms with Crippen LogP contribution < -0.4 is 9.80 Å². The molecular formula is C20H29N7. The van der Waals surface area contributed by atoms with Crippen molar-refractivity contribution < 1.29 is 0 Å². The van der Waals surface area contributed by atoms with E-state index in [4.69, 9.17) is 9.97 Å². The van der Waals surface area contributed by atoms with Crippen molar-refractivity contribution >= 4 is 11.9 Å². The van der Waals surface area contributed by atoms with Gasteiger partial charge in [0.2, 0.25) is 11.9 Å². The molecule has 2 aliphatic rings. The van der Waals surface area contributed by atoms with E-state index in [1.807, 2.05) is 25.4 Å². The van der Waals surface area contributed by atoms with Gasteiger partial charge in [-0.25, -0.2) is 19.9 Å². The summed E-state index contributed by atoms with van der Waals surface area (Å²) < 4.78 is 0. The van der Waals surface area contributed by atoms with Crippen LogP contribution in [0.1, 0.15) is 25.5 Å².